The van der Waals surface area contributed by atoms with Crippen LogP contribution in [0.25, 0.3) is 11.0 Å². The summed E-state index contributed by atoms with van der Waals surface area (Å²) in [5, 5.41) is 0. The summed E-state index contributed by atoms with van der Waals surface area (Å²) in [6, 6.07) is 10.7. The lowest BCUT2D eigenvalue weighted by molar-refractivity contribution is 0.125. The highest BCUT2D eigenvalue weighted by Crippen LogP contribution is 2.22. The van der Waals surface area contributed by atoms with E-state index in [0.717, 1.165) is 55.5 Å². The van der Waals surface area contributed by atoms with E-state index in [-0.39, 0.29) is 0 Å². The summed E-state index contributed by atoms with van der Waals surface area (Å²) in [5.74, 6) is 1.85. The molecule has 0 spiro atoms. The molecule has 31 heavy (non-hydrogen) atoms. The third kappa shape index (κ3) is 9.01. The summed E-state index contributed by atoms with van der Waals surface area (Å²) in [6.07, 6.45) is 6.00. The Balaban J connectivity index is 0.000000785. The van der Waals surface area contributed by atoms with Crippen LogP contribution >= 0.6 is 11.9 Å². The van der Waals surface area contributed by atoms with Crippen LogP contribution in [0.15, 0.2) is 47.6 Å². The summed E-state index contributed by atoms with van der Waals surface area (Å²) in [6.45, 7) is 14.1. The Hall–Kier alpha value is -1.89. The van der Waals surface area contributed by atoms with Crippen molar-refractivity contribution in [3.05, 3.63) is 54.1 Å². The SMILES string of the molecule is CC(C)C.CCCCOCCN(C)Sc1ccc(Cn2c(C)nc3ccncc32)cc1. The van der Waals surface area contributed by atoms with Gasteiger partial charge in [0.1, 0.15) is 5.82 Å². The zero-order valence-corrected chi connectivity index (χ0v) is 20.8. The maximum absolute atomic E-state index is 5.64. The Labute approximate surface area is 192 Å². The fraction of sp³-hybridized carbons (Fsp3) is 0.520. The zero-order valence-electron chi connectivity index (χ0n) is 20.0. The number of unbranched alkanes of at least 4 members (excludes halogenated alkanes) is 1. The van der Waals surface area contributed by atoms with Crippen LogP contribution in [0.3, 0.4) is 0 Å². The van der Waals surface area contributed by atoms with Gasteiger partial charge in [-0.1, -0.05) is 46.2 Å². The van der Waals surface area contributed by atoms with Crippen LogP contribution in [-0.2, 0) is 11.3 Å². The molecule has 0 aliphatic carbocycles. The Morgan fingerprint density at radius 3 is 2.48 bits per heavy atom. The van der Waals surface area contributed by atoms with E-state index in [9.17, 15) is 0 Å². The van der Waals surface area contributed by atoms with E-state index >= 15 is 0 Å². The fourth-order valence-corrected chi connectivity index (χ4v) is 3.68. The number of likely N-dealkylation sites (N-methyl/N-ethyl adjacent to an activating group) is 1. The molecule has 0 aliphatic rings. The van der Waals surface area contributed by atoms with Gasteiger partial charge in [0.05, 0.1) is 23.8 Å². The van der Waals surface area contributed by atoms with Crippen molar-refractivity contribution in [2.24, 2.45) is 5.92 Å². The standard InChI is InChI=1S/C21H28N4OS.C4H10/c1-4-5-13-26-14-12-24(3)27-19-8-6-18(7-9-19)16-25-17(2)23-20-10-11-22-15-21(20)25;1-4(2)3/h6-11,15H,4-5,12-14,16H2,1-3H3;4H,1-3H3. The molecule has 6 heteroatoms. The largest absolute Gasteiger partial charge is 0.380 e. The van der Waals surface area contributed by atoms with E-state index in [1.54, 1.807) is 18.1 Å². The minimum atomic E-state index is 0.780. The van der Waals surface area contributed by atoms with Gasteiger partial charge in [0.15, 0.2) is 0 Å². The quantitative estimate of drug-likeness (QED) is 0.276. The van der Waals surface area contributed by atoms with Crippen molar-refractivity contribution in [3.63, 3.8) is 0 Å². The molecule has 0 radical (unpaired) electrons. The molecule has 170 valence electrons. The van der Waals surface area contributed by atoms with E-state index in [1.165, 1.54) is 16.9 Å². The van der Waals surface area contributed by atoms with Crippen molar-refractivity contribution in [1.29, 1.82) is 0 Å². The molecule has 0 bridgehead atoms. The van der Waals surface area contributed by atoms with Crippen LogP contribution in [0.1, 0.15) is 51.9 Å². The molecule has 3 aromatic rings. The molecule has 0 fully saturated rings. The molecule has 0 saturated heterocycles. The predicted octanol–water partition coefficient (Wildman–Crippen LogP) is 6.21. The van der Waals surface area contributed by atoms with Crippen LogP contribution in [-0.4, -0.2) is 45.6 Å². The van der Waals surface area contributed by atoms with E-state index in [4.69, 9.17) is 4.74 Å². The van der Waals surface area contributed by atoms with Gasteiger partial charge >= 0.3 is 0 Å². The van der Waals surface area contributed by atoms with Gasteiger partial charge in [-0.3, -0.25) is 4.98 Å². The van der Waals surface area contributed by atoms with Gasteiger partial charge in [0.25, 0.3) is 0 Å². The smallest absolute Gasteiger partial charge is 0.107 e. The molecular weight excluding hydrogens is 404 g/mol. The maximum Gasteiger partial charge on any atom is 0.107 e. The van der Waals surface area contributed by atoms with Crippen LogP contribution in [0.2, 0.25) is 0 Å². The molecule has 1 aromatic carbocycles. The second-order valence-corrected chi connectivity index (χ2v) is 9.67. The molecule has 0 N–H and O–H groups in total. The molecule has 0 aliphatic heterocycles. The zero-order chi connectivity index (χ0) is 22.6. The number of benzene rings is 1. The highest BCUT2D eigenvalue weighted by Gasteiger charge is 2.08. The number of aromatic nitrogens is 3. The Kier molecular flexibility index (Phi) is 11.1. The van der Waals surface area contributed by atoms with E-state index in [0.29, 0.717) is 0 Å². The predicted molar refractivity (Wildman–Crippen MR) is 133 cm³/mol. The molecule has 0 atom stereocenters. The Bertz CT molecular complexity index is 889. The van der Waals surface area contributed by atoms with Gasteiger partial charge in [-0.2, -0.15) is 0 Å². The first-order valence-electron chi connectivity index (χ1n) is 11.2. The van der Waals surface area contributed by atoms with Crippen molar-refractivity contribution in [3.8, 4) is 0 Å². The molecule has 3 rings (SSSR count). The van der Waals surface area contributed by atoms with Gasteiger partial charge in [-0.25, -0.2) is 9.29 Å². The highest BCUT2D eigenvalue weighted by atomic mass is 32.2. The van der Waals surface area contributed by atoms with Crippen LogP contribution in [0.5, 0.6) is 0 Å². The lowest BCUT2D eigenvalue weighted by atomic mass is 10.2. The van der Waals surface area contributed by atoms with Crippen LogP contribution in [0.4, 0.5) is 0 Å². The third-order valence-corrected chi connectivity index (χ3v) is 5.44. The third-order valence-electron chi connectivity index (χ3n) is 4.46. The highest BCUT2D eigenvalue weighted by molar-refractivity contribution is 7.97. The summed E-state index contributed by atoms with van der Waals surface area (Å²) < 4.78 is 10.1. The summed E-state index contributed by atoms with van der Waals surface area (Å²) >= 11 is 1.75. The monoisotopic (exact) mass is 442 g/mol. The van der Waals surface area contributed by atoms with Crippen LogP contribution in [0, 0.1) is 12.8 Å². The summed E-state index contributed by atoms with van der Waals surface area (Å²) in [4.78, 5) is 10.1. The average molecular weight is 443 g/mol. The first kappa shape index (κ1) is 25.4. The number of pyridine rings is 1. The lowest BCUT2D eigenvalue weighted by Crippen LogP contribution is -2.16. The van der Waals surface area contributed by atoms with Crippen molar-refractivity contribution < 1.29 is 4.74 Å². The number of imidazole rings is 1. The molecule has 0 unspecified atom stereocenters. The first-order valence-corrected chi connectivity index (χ1v) is 12.0. The van der Waals surface area contributed by atoms with Crippen molar-refractivity contribution in [2.45, 2.75) is 58.9 Å². The van der Waals surface area contributed by atoms with Gasteiger partial charge in [-0.15, -0.1) is 0 Å². The average Bonchev–Trinajstić information content (AvgIpc) is 3.04. The number of hydrogen-bond acceptors (Lipinski definition) is 5. The molecule has 2 aromatic heterocycles. The normalized spacial score (nSPS) is 11.2. The van der Waals surface area contributed by atoms with Crippen molar-refractivity contribution >= 4 is 23.0 Å². The number of fused-ring (bicyclic) bond motifs is 1. The Morgan fingerprint density at radius 1 is 1.10 bits per heavy atom. The number of nitrogens with zero attached hydrogens (tertiary/aromatic N) is 4. The minimum Gasteiger partial charge on any atom is -0.380 e. The summed E-state index contributed by atoms with van der Waals surface area (Å²) in [5.41, 5.74) is 3.34. The topological polar surface area (TPSA) is 43.2 Å². The van der Waals surface area contributed by atoms with E-state index in [1.807, 2.05) is 19.2 Å². The molecule has 5 nitrogen and oxygen atoms in total. The summed E-state index contributed by atoms with van der Waals surface area (Å²) in [7, 11) is 2.11. The maximum atomic E-state index is 5.64. The molecule has 2 heterocycles. The molecular formula is C25H38N4OS. The van der Waals surface area contributed by atoms with Gasteiger partial charge in [0.2, 0.25) is 0 Å². The second kappa shape index (κ2) is 13.5. The number of hydrogen-bond donors (Lipinski definition) is 0. The van der Waals surface area contributed by atoms with Crippen LogP contribution < -0.4 is 0 Å². The van der Waals surface area contributed by atoms with E-state index < -0.39 is 0 Å². The van der Waals surface area contributed by atoms with Gasteiger partial charge in [0, 0.05) is 30.8 Å². The number of ether oxygens (including phenoxy) is 1. The first-order chi connectivity index (χ1) is 14.9. The molecule has 0 amide bonds. The number of aryl methyl sites for hydroxylation is 1. The van der Waals surface area contributed by atoms with Crippen molar-refractivity contribution in [2.75, 3.05) is 26.8 Å². The molecule has 0 saturated carbocycles. The minimum absolute atomic E-state index is 0.780. The lowest BCUT2D eigenvalue weighted by Gasteiger charge is -2.16. The van der Waals surface area contributed by atoms with E-state index in [2.05, 4.69) is 77.8 Å². The fourth-order valence-electron chi connectivity index (χ4n) is 2.90. The van der Waals surface area contributed by atoms with Crippen molar-refractivity contribution in [1.82, 2.24) is 18.8 Å². The van der Waals surface area contributed by atoms with Gasteiger partial charge in [-0.05, 0) is 62.0 Å². The Morgan fingerprint density at radius 2 is 1.81 bits per heavy atom. The second-order valence-electron chi connectivity index (χ2n) is 8.39. The number of rotatable bonds is 10. The van der Waals surface area contributed by atoms with Gasteiger partial charge < -0.3 is 9.30 Å².